The van der Waals surface area contributed by atoms with Crippen molar-refractivity contribution in [3.63, 3.8) is 0 Å². The van der Waals surface area contributed by atoms with E-state index in [2.05, 4.69) is 22.1 Å². The van der Waals surface area contributed by atoms with Crippen molar-refractivity contribution in [3.8, 4) is 0 Å². The number of nitrogens with zero attached hydrogens (tertiary/aromatic N) is 3. The number of piperazine rings is 1. The summed E-state index contributed by atoms with van der Waals surface area (Å²) in [6.45, 7) is 6.45. The molecule has 4 bridgehead atoms. The van der Waals surface area contributed by atoms with E-state index >= 15 is 0 Å². The van der Waals surface area contributed by atoms with Gasteiger partial charge in [-0.2, -0.15) is 13.2 Å². The quantitative estimate of drug-likeness (QED) is 0.610. The third-order valence-corrected chi connectivity index (χ3v) is 9.58. The number of anilines is 1. The fourth-order valence-electron chi connectivity index (χ4n) is 7.76. The number of amides is 1. The highest BCUT2D eigenvalue weighted by atomic mass is 19.4. The molecule has 2 heterocycles. The summed E-state index contributed by atoms with van der Waals surface area (Å²) in [6, 6.07) is 2.20. The molecule has 4 saturated carbocycles. The van der Waals surface area contributed by atoms with Gasteiger partial charge in [0.15, 0.2) is 0 Å². The largest absolute Gasteiger partial charge is 0.481 e. The average molecular weight is 509 g/mol. The van der Waals surface area contributed by atoms with Crippen LogP contribution in [0.1, 0.15) is 51.5 Å². The zero-order valence-corrected chi connectivity index (χ0v) is 20.8. The Hall–Kier alpha value is -2.36. The lowest BCUT2D eigenvalue weighted by molar-refractivity contribution is -0.180. The van der Waals surface area contributed by atoms with Gasteiger partial charge in [0.05, 0.1) is 17.0 Å². The molecule has 2 N–H and O–H groups in total. The minimum atomic E-state index is -4.41. The third kappa shape index (κ3) is 4.25. The van der Waals surface area contributed by atoms with Gasteiger partial charge in [0.2, 0.25) is 5.91 Å². The summed E-state index contributed by atoms with van der Waals surface area (Å²) in [7, 11) is 0. The van der Waals surface area contributed by atoms with Gasteiger partial charge >= 0.3 is 12.1 Å². The smallest absolute Gasteiger partial charge is 0.417 e. The lowest BCUT2D eigenvalue weighted by atomic mass is 9.44. The Kier molecular flexibility index (Phi) is 6.46. The molecule has 5 aliphatic rings. The van der Waals surface area contributed by atoms with E-state index in [-0.39, 0.29) is 35.7 Å². The molecule has 36 heavy (non-hydrogen) atoms. The van der Waals surface area contributed by atoms with Crippen LogP contribution in [0.2, 0.25) is 0 Å². The number of carboxylic acid groups (broad SMARTS) is 1. The Bertz CT molecular complexity index is 995. The van der Waals surface area contributed by atoms with Crippen LogP contribution in [0.25, 0.3) is 0 Å². The molecule has 1 amide bonds. The second kappa shape index (κ2) is 9.19. The van der Waals surface area contributed by atoms with E-state index in [4.69, 9.17) is 0 Å². The standard InChI is InChI=1S/C26H35F3N4O3/c1-3-20(32-6-8-33(9-7-32)21-5-4-18(14-30-21)26(27,28)29)23(34)31-22-17-10-16-11-19(22)15(2)25(12-16,13-17)24(35)36/h4-5,14-17,19-20,22H,3,6-13H2,1-2H3,(H,31,34)(H,35,36). The Morgan fingerprint density at radius 2 is 1.92 bits per heavy atom. The van der Waals surface area contributed by atoms with Gasteiger partial charge in [0.25, 0.3) is 0 Å². The maximum absolute atomic E-state index is 13.5. The summed E-state index contributed by atoms with van der Waals surface area (Å²) in [6.07, 6.45) is 0.527. The number of hydrogen-bond donors (Lipinski definition) is 2. The number of nitrogens with one attached hydrogen (secondary N) is 1. The average Bonchev–Trinajstić information content (AvgIpc) is 2.84. The van der Waals surface area contributed by atoms with Crippen molar-refractivity contribution < 1.29 is 27.9 Å². The molecule has 6 rings (SSSR count). The number of rotatable bonds is 6. The number of pyridine rings is 1. The SMILES string of the molecule is CCC(C(=O)NC1C2CC3CC1C(C)C(C(=O)O)(C3)C2)N1CCN(c2ccc(C(F)(F)F)cn2)CC1. The van der Waals surface area contributed by atoms with Crippen LogP contribution in [0.15, 0.2) is 18.3 Å². The highest BCUT2D eigenvalue weighted by Crippen LogP contribution is 2.62. The molecule has 7 atom stereocenters. The number of carbonyl (C=O) groups excluding carboxylic acids is 1. The Labute approximate surface area is 209 Å². The number of carbonyl (C=O) groups is 2. The summed E-state index contributed by atoms with van der Waals surface area (Å²) in [5.74, 6) is 0.764. The number of alkyl halides is 3. The molecule has 4 aliphatic carbocycles. The van der Waals surface area contributed by atoms with Crippen LogP contribution >= 0.6 is 0 Å². The monoisotopic (exact) mass is 508 g/mol. The number of carboxylic acids is 1. The maximum atomic E-state index is 13.5. The summed E-state index contributed by atoms with van der Waals surface area (Å²) < 4.78 is 38.5. The molecule has 7 nitrogen and oxygen atoms in total. The van der Waals surface area contributed by atoms with Crippen molar-refractivity contribution >= 4 is 17.7 Å². The zero-order chi connectivity index (χ0) is 25.8. The van der Waals surface area contributed by atoms with Crippen molar-refractivity contribution in [1.29, 1.82) is 0 Å². The molecule has 1 aliphatic heterocycles. The van der Waals surface area contributed by atoms with Gasteiger partial charge in [0.1, 0.15) is 5.82 Å². The minimum Gasteiger partial charge on any atom is -0.481 e. The van der Waals surface area contributed by atoms with Crippen molar-refractivity contribution in [2.75, 3.05) is 31.1 Å². The molecule has 5 fully saturated rings. The van der Waals surface area contributed by atoms with Crippen molar-refractivity contribution in [2.24, 2.45) is 29.1 Å². The number of halogens is 3. The Morgan fingerprint density at radius 1 is 1.19 bits per heavy atom. The van der Waals surface area contributed by atoms with Crippen LogP contribution in [0.4, 0.5) is 19.0 Å². The third-order valence-electron chi connectivity index (χ3n) is 9.58. The fraction of sp³-hybridized carbons (Fsp3) is 0.731. The molecule has 7 unspecified atom stereocenters. The fourth-order valence-corrected chi connectivity index (χ4v) is 7.76. The highest BCUT2D eigenvalue weighted by molar-refractivity contribution is 5.82. The van der Waals surface area contributed by atoms with E-state index in [0.717, 1.165) is 31.5 Å². The highest BCUT2D eigenvalue weighted by Gasteiger charge is 2.63. The predicted octanol–water partition coefficient (Wildman–Crippen LogP) is 3.64. The summed E-state index contributed by atoms with van der Waals surface area (Å²) in [5, 5.41) is 13.4. The van der Waals surface area contributed by atoms with Crippen LogP contribution in [-0.2, 0) is 15.8 Å². The van der Waals surface area contributed by atoms with Crippen molar-refractivity contribution in [2.45, 2.75) is 64.2 Å². The molecule has 1 aromatic heterocycles. The molecule has 0 spiro atoms. The van der Waals surface area contributed by atoms with Crippen molar-refractivity contribution in [3.05, 3.63) is 23.9 Å². The molecule has 0 aromatic carbocycles. The normalized spacial score (nSPS) is 35.0. The van der Waals surface area contributed by atoms with E-state index in [1.165, 1.54) is 6.07 Å². The molecule has 10 heteroatoms. The number of hydrogen-bond acceptors (Lipinski definition) is 5. The molecule has 198 valence electrons. The van der Waals surface area contributed by atoms with Gasteiger partial charge in [-0.1, -0.05) is 13.8 Å². The van der Waals surface area contributed by atoms with E-state index in [1.54, 1.807) is 0 Å². The first-order valence-corrected chi connectivity index (χ1v) is 13.1. The van der Waals surface area contributed by atoms with Gasteiger partial charge in [-0.05, 0) is 67.9 Å². The van der Waals surface area contributed by atoms with Crippen LogP contribution in [0.3, 0.4) is 0 Å². The first-order valence-electron chi connectivity index (χ1n) is 13.1. The number of aliphatic carboxylic acids is 1. The molecule has 1 saturated heterocycles. The van der Waals surface area contributed by atoms with Crippen LogP contribution < -0.4 is 10.2 Å². The molecule has 0 radical (unpaired) electrons. The van der Waals surface area contributed by atoms with Gasteiger partial charge in [-0.3, -0.25) is 14.5 Å². The van der Waals surface area contributed by atoms with Gasteiger partial charge < -0.3 is 15.3 Å². The molecule has 1 aromatic rings. The first kappa shape index (κ1) is 25.3. The van der Waals surface area contributed by atoms with E-state index in [9.17, 15) is 27.9 Å². The van der Waals surface area contributed by atoms with Crippen molar-refractivity contribution in [1.82, 2.24) is 15.2 Å². The Balaban J connectivity index is 1.20. The lowest BCUT2D eigenvalue weighted by Gasteiger charge is -2.62. The van der Waals surface area contributed by atoms with Gasteiger partial charge in [0, 0.05) is 38.4 Å². The lowest BCUT2D eigenvalue weighted by Crippen LogP contribution is -2.66. The maximum Gasteiger partial charge on any atom is 0.417 e. The summed E-state index contributed by atoms with van der Waals surface area (Å²) in [5.41, 5.74) is -1.40. The Morgan fingerprint density at radius 3 is 2.50 bits per heavy atom. The van der Waals surface area contributed by atoms with Crippen LogP contribution in [0, 0.1) is 29.1 Å². The van der Waals surface area contributed by atoms with Gasteiger partial charge in [-0.15, -0.1) is 0 Å². The van der Waals surface area contributed by atoms with Crippen LogP contribution in [-0.4, -0.2) is 65.1 Å². The second-order valence-corrected chi connectivity index (χ2v) is 11.3. The van der Waals surface area contributed by atoms with E-state index in [1.807, 2.05) is 11.8 Å². The minimum absolute atomic E-state index is 0.00709. The summed E-state index contributed by atoms with van der Waals surface area (Å²) >= 11 is 0. The second-order valence-electron chi connectivity index (χ2n) is 11.3. The first-order chi connectivity index (χ1) is 17.0. The molecular weight excluding hydrogens is 473 g/mol. The van der Waals surface area contributed by atoms with E-state index < -0.39 is 23.1 Å². The zero-order valence-electron chi connectivity index (χ0n) is 20.8. The topological polar surface area (TPSA) is 85.8 Å². The van der Waals surface area contributed by atoms with Crippen LogP contribution in [0.5, 0.6) is 0 Å². The summed E-state index contributed by atoms with van der Waals surface area (Å²) in [4.78, 5) is 33.8. The van der Waals surface area contributed by atoms with E-state index in [0.29, 0.717) is 50.8 Å². The number of aromatic nitrogens is 1. The van der Waals surface area contributed by atoms with Gasteiger partial charge in [-0.25, -0.2) is 4.98 Å². The predicted molar refractivity (Wildman–Crippen MR) is 127 cm³/mol. The molecular formula is C26H35F3N4O3.